The minimum Gasteiger partial charge on any atom is -0.326 e. The van der Waals surface area contributed by atoms with Gasteiger partial charge in [-0.25, -0.2) is 9.78 Å². The number of nitrogens with one attached hydrogen (secondary N) is 3. The van der Waals surface area contributed by atoms with Crippen LogP contribution in [0, 0.1) is 13.8 Å². The highest BCUT2D eigenvalue weighted by Crippen LogP contribution is 2.26. The molecule has 3 rings (SSSR count). The first-order valence-electron chi connectivity index (χ1n) is 8.49. The van der Waals surface area contributed by atoms with Crippen LogP contribution in [0.25, 0.3) is 11.0 Å². The molecule has 0 spiro atoms. The second-order valence-corrected chi connectivity index (χ2v) is 7.88. The summed E-state index contributed by atoms with van der Waals surface area (Å²) in [4.78, 5) is 36.9. The third kappa shape index (κ3) is 4.03. The van der Waals surface area contributed by atoms with Crippen LogP contribution in [0.3, 0.4) is 0 Å². The Balaban J connectivity index is 1.57. The van der Waals surface area contributed by atoms with Crippen molar-refractivity contribution >= 4 is 34.0 Å². The van der Waals surface area contributed by atoms with Gasteiger partial charge in [0, 0.05) is 23.5 Å². The zero-order chi connectivity index (χ0) is 18.8. The van der Waals surface area contributed by atoms with E-state index in [0.717, 1.165) is 16.2 Å². The molecule has 2 aromatic heterocycles. The van der Waals surface area contributed by atoms with Gasteiger partial charge in [-0.3, -0.25) is 9.69 Å². The summed E-state index contributed by atoms with van der Waals surface area (Å²) in [7, 11) is 2.00. The lowest BCUT2D eigenvalue weighted by Crippen LogP contribution is -2.27. The minimum atomic E-state index is -0.258. The van der Waals surface area contributed by atoms with Crippen LogP contribution in [0.5, 0.6) is 0 Å². The van der Waals surface area contributed by atoms with E-state index < -0.39 is 0 Å². The van der Waals surface area contributed by atoms with Crippen LogP contribution in [0.4, 0.5) is 5.69 Å². The van der Waals surface area contributed by atoms with Crippen molar-refractivity contribution in [2.75, 3.05) is 18.9 Å². The number of carbonyl (C=O) groups excluding carboxylic acids is 1. The Labute approximate surface area is 155 Å². The molecular formula is C18H23N5O2S. The van der Waals surface area contributed by atoms with Gasteiger partial charge in [0.25, 0.3) is 0 Å². The minimum absolute atomic E-state index is 0.0625. The van der Waals surface area contributed by atoms with E-state index in [1.165, 1.54) is 4.88 Å². The number of aromatic amines is 2. The first-order chi connectivity index (χ1) is 12.3. The molecule has 3 aromatic rings. The molecule has 1 atom stereocenters. The third-order valence-electron chi connectivity index (χ3n) is 4.49. The summed E-state index contributed by atoms with van der Waals surface area (Å²) >= 11 is 1.70. The number of amides is 1. The molecule has 0 aliphatic carbocycles. The molecule has 8 heteroatoms. The maximum absolute atomic E-state index is 12.3. The van der Waals surface area contributed by atoms with Crippen LogP contribution in [0.1, 0.15) is 35.0 Å². The largest absolute Gasteiger partial charge is 0.326 e. The number of hydrogen-bond donors (Lipinski definition) is 3. The molecule has 0 aliphatic heterocycles. The van der Waals surface area contributed by atoms with E-state index in [1.807, 2.05) is 14.0 Å². The number of H-pyrrole nitrogens is 2. The number of carbonyl (C=O) groups is 1. The van der Waals surface area contributed by atoms with Crippen LogP contribution < -0.4 is 11.0 Å². The summed E-state index contributed by atoms with van der Waals surface area (Å²) < 4.78 is 0. The molecule has 3 N–H and O–H groups in total. The molecule has 0 bridgehead atoms. The Bertz CT molecular complexity index is 987. The lowest BCUT2D eigenvalue weighted by molar-refractivity contribution is -0.116. The maximum Gasteiger partial charge on any atom is 0.323 e. The molecular weight excluding hydrogens is 350 g/mol. The topological polar surface area (TPSA) is 93.9 Å². The average Bonchev–Trinajstić information content (AvgIpc) is 3.12. The van der Waals surface area contributed by atoms with Gasteiger partial charge in [0.2, 0.25) is 5.91 Å². The van der Waals surface area contributed by atoms with Gasteiger partial charge in [-0.15, -0.1) is 11.3 Å². The van der Waals surface area contributed by atoms with E-state index in [9.17, 15) is 9.59 Å². The first kappa shape index (κ1) is 18.3. The molecule has 7 nitrogen and oxygen atoms in total. The highest BCUT2D eigenvalue weighted by Gasteiger charge is 2.18. The number of benzene rings is 1. The molecule has 1 aromatic carbocycles. The molecule has 138 valence electrons. The SMILES string of the molecule is Cc1nc([C@@H](C)N(C)CCC(=O)Nc2ccc3[nH]c(=O)[nH]c3c2)c(C)s1. The Morgan fingerprint density at radius 2 is 2.04 bits per heavy atom. The number of thiazole rings is 1. The van der Waals surface area contributed by atoms with Crippen molar-refractivity contribution in [3.05, 3.63) is 44.3 Å². The molecule has 0 aliphatic rings. The fraction of sp³-hybridized carbons (Fsp3) is 0.389. The van der Waals surface area contributed by atoms with Crippen molar-refractivity contribution in [1.29, 1.82) is 0 Å². The zero-order valence-corrected chi connectivity index (χ0v) is 16.2. The van der Waals surface area contributed by atoms with Gasteiger partial charge < -0.3 is 15.3 Å². The number of anilines is 1. The number of aryl methyl sites for hydroxylation is 2. The van der Waals surface area contributed by atoms with Gasteiger partial charge in [-0.2, -0.15) is 0 Å². The maximum atomic E-state index is 12.3. The highest BCUT2D eigenvalue weighted by atomic mass is 32.1. The van der Waals surface area contributed by atoms with Crippen molar-refractivity contribution in [1.82, 2.24) is 19.9 Å². The number of fused-ring (bicyclic) bond motifs is 1. The van der Waals surface area contributed by atoms with Crippen molar-refractivity contribution in [2.45, 2.75) is 33.2 Å². The van der Waals surface area contributed by atoms with Crippen molar-refractivity contribution in [3.63, 3.8) is 0 Å². The Hall–Kier alpha value is -2.45. The lowest BCUT2D eigenvalue weighted by atomic mass is 10.2. The Morgan fingerprint density at radius 3 is 2.73 bits per heavy atom. The quantitative estimate of drug-likeness (QED) is 0.619. The summed E-state index contributed by atoms with van der Waals surface area (Å²) in [5.74, 6) is -0.0625. The van der Waals surface area contributed by atoms with Crippen LogP contribution in [0.2, 0.25) is 0 Å². The first-order valence-corrected chi connectivity index (χ1v) is 9.31. The summed E-state index contributed by atoms with van der Waals surface area (Å²) in [6.45, 7) is 6.83. The molecule has 1 amide bonds. The van der Waals surface area contributed by atoms with Gasteiger partial charge in [-0.05, 0) is 46.0 Å². The number of imidazole rings is 1. The second-order valence-electron chi connectivity index (χ2n) is 6.47. The normalized spacial score (nSPS) is 12.7. The highest BCUT2D eigenvalue weighted by molar-refractivity contribution is 7.11. The monoisotopic (exact) mass is 373 g/mol. The molecule has 2 heterocycles. The zero-order valence-electron chi connectivity index (χ0n) is 15.3. The summed E-state index contributed by atoms with van der Waals surface area (Å²) in [6, 6.07) is 5.45. The van der Waals surface area contributed by atoms with Crippen molar-refractivity contribution in [2.24, 2.45) is 0 Å². The van der Waals surface area contributed by atoms with Gasteiger partial charge in [0.05, 0.1) is 27.8 Å². The summed E-state index contributed by atoms with van der Waals surface area (Å²) in [5, 5.41) is 3.94. The second kappa shape index (κ2) is 7.43. The van der Waals surface area contributed by atoms with Crippen LogP contribution in [-0.2, 0) is 4.79 Å². The fourth-order valence-corrected chi connectivity index (χ4v) is 3.85. The van der Waals surface area contributed by atoms with Crippen LogP contribution in [-0.4, -0.2) is 39.4 Å². The van der Waals surface area contributed by atoms with E-state index in [4.69, 9.17) is 0 Å². The molecule has 26 heavy (non-hydrogen) atoms. The van der Waals surface area contributed by atoms with E-state index in [-0.39, 0.29) is 17.6 Å². The van der Waals surface area contributed by atoms with E-state index in [2.05, 4.69) is 39.0 Å². The molecule has 0 saturated carbocycles. The van der Waals surface area contributed by atoms with E-state index >= 15 is 0 Å². The Morgan fingerprint density at radius 1 is 1.31 bits per heavy atom. The predicted molar refractivity (Wildman–Crippen MR) is 105 cm³/mol. The number of nitrogens with zero attached hydrogens (tertiary/aromatic N) is 2. The molecule has 0 unspecified atom stereocenters. The summed E-state index contributed by atoms with van der Waals surface area (Å²) in [6.07, 6.45) is 0.380. The lowest BCUT2D eigenvalue weighted by Gasteiger charge is -2.23. The van der Waals surface area contributed by atoms with Gasteiger partial charge in [0.1, 0.15) is 0 Å². The van der Waals surface area contributed by atoms with Crippen LogP contribution >= 0.6 is 11.3 Å². The number of aromatic nitrogens is 3. The van der Waals surface area contributed by atoms with Gasteiger partial charge in [0.15, 0.2) is 0 Å². The fourth-order valence-electron chi connectivity index (χ4n) is 2.95. The van der Waals surface area contributed by atoms with Gasteiger partial charge in [-0.1, -0.05) is 0 Å². The van der Waals surface area contributed by atoms with Crippen molar-refractivity contribution in [3.8, 4) is 0 Å². The summed E-state index contributed by atoms with van der Waals surface area (Å²) in [5.41, 5.74) is 2.88. The van der Waals surface area contributed by atoms with Crippen LogP contribution in [0.15, 0.2) is 23.0 Å². The molecule has 0 radical (unpaired) electrons. The third-order valence-corrected chi connectivity index (χ3v) is 5.39. The number of rotatable bonds is 6. The average molecular weight is 373 g/mol. The van der Waals surface area contributed by atoms with E-state index in [0.29, 0.717) is 24.2 Å². The molecule has 0 saturated heterocycles. The molecule has 0 fully saturated rings. The number of hydrogen-bond acceptors (Lipinski definition) is 5. The van der Waals surface area contributed by atoms with E-state index in [1.54, 1.807) is 29.5 Å². The predicted octanol–water partition coefficient (Wildman–Crippen LogP) is 2.95. The Kier molecular flexibility index (Phi) is 5.24. The van der Waals surface area contributed by atoms with Crippen molar-refractivity contribution < 1.29 is 4.79 Å². The standard InChI is InChI=1S/C18H23N5O2S/c1-10(17-11(2)26-12(3)19-17)23(4)8-7-16(24)20-13-5-6-14-15(9-13)22-18(25)21-14/h5-6,9-10H,7-8H2,1-4H3,(H,20,24)(H2,21,22,25)/t10-/m1/s1. The smallest absolute Gasteiger partial charge is 0.323 e. The van der Waals surface area contributed by atoms with Gasteiger partial charge >= 0.3 is 5.69 Å².